The van der Waals surface area contributed by atoms with E-state index in [1.165, 1.54) is 11.3 Å². The number of Topliss-reactive ketones (excluding diaryl/α,β-unsaturated/α-hetero) is 2. The van der Waals surface area contributed by atoms with E-state index in [0.717, 1.165) is 15.6 Å². The van der Waals surface area contributed by atoms with Crippen LogP contribution in [0.3, 0.4) is 0 Å². The van der Waals surface area contributed by atoms with Gasteiger partial charge in [0.1, 0.15) is 5.75 Å². The Morgan fingerprint density at radius 2 is 1.95 bits per heavy atom. The van der Waals surface area contributed by atoms with Crippen molar-refractivity contribution in [2.24, 2.45) is 17.8 Å². The van der Waals surface area contributed by atoms with E-state index in [9.17, 15) is 19.2 Å². The van der Waals surface area contributed by atoms with Crippen molar-refractivity contribution in [1.29, 1.82) is 0 Å². The van der Waals surface area contributed by atoms with Gasteiger partial charge in [-0.15, -0.1) is 11.3 Å². The lowest BCUT2D eigenvalue weighted by molar-refractivity contribution is -0.127. The maximum absolute atomic E-state index is 13.7. The van der Waals surface area contributed by atoms with Crippen molar-refractivity contribution in [2.75, 3.05) is 13.7 Å². The van der Waals surface area contributed by atoms with Crippen molar-refractivity contribution < 1.29 is 23.9 Å². The molecule has 3 atom stereocenters. The molecular formula is C31H34N4O5S. The zero-order chi connectivity index (χ0) is 29.1. The van der Waals surface area contributed by atoms with Crippen LogP contribution in [-0.4, -0.2) is 53.0 Å². The molecule has 0 unspecified atom stereocenters. The van der Waals surface area contributed by atoms with Crippen LogP contribution in [0, 0.1) is 17.8 Å². The number of aromatic nitrogens is 2. The molecule has 1 aliphatic heterocycles. The molecule has 10 heteroatoms. The summed E-state index contributed by atoms with van der Waals surface area (Å²) in [6, 6.07) is 13.8. The summed E-state index contributed by atoms with van der Waals surface area (Å²) >= 11 is 1.27. The number of ether oxygens (including phenoxy) is 1. The van der Waals surface area contributed by atoms with E-state index >= 15 is 0 Å². The van der Waals surface area contributed by atoms with Crippen LogP contribution >= 0.6 is 11.3 Å². The second-order valence-electron chi connectivity index (χ2n) is 11.0. The number of nitrogens with one attached hydrogen (secondary N) is 3. The molecule has 1 fully saturated rings. The second-order valence-corrected chi connectivity index (χ2v) is 12.0. The molecule has 1 saturated heterocycles. The van der Waals surface area contributed by atoms with Gasteiger partial charge in [-0.1, -0.05) is 32.0 Å². The molecule has 0 spiro atoms. The standard InChI is InChI=1S/C31H34N4O5S/c1-17(2)13-19(15-25(36)23-16-20-21(33-23)8-6-9-26(20)40-3)30(39)34-24(14-18-11-12-32-29(18)38)28(37)31-35-22-7-4-5-10-27(22)41-31/h4-10,16-19,24,33H,11-15H2,1-3H3,(H,32,38)(H,34,39)/t18-,19+,24-/m0/s1. The van der Waals surface area contributed by atoms with E-state index < -0.39 is 12.0 Å². The number of carbonyl (C=O) groups excluding carboxylic acids is 4. The van der Waals surface area contributed by atoms with Crippen LogP contribution in [0.25, 0.3) is 21.1 Å². The number of H-pyrrole nitrogens is 1. The fourth-order valence-electron chi connectivity index (χ4n) is 5.44. The highest BCUT2D eigenvalue weighted by Gasteiger charge is 2.35. The van der Waals surface area contributed by atoms with Gasteiger partial charge in [-0.3, -0.25) is 19.2 Å². The summed E-state index contributed by atoms with van der Waals surface area (Å²) in [4.78, 5) is 60.9. The zero-order valence-corrected chi connectivity index (χ0v) is 24.2. The Morgan fingerprint density at radius 1 is 1.15 bits per heavy atom. The monoisotopic (exact) mass is 574 g/mol. The van der Waals surface area contributed by atoms with Crippen LogP contribution in [0.5, 0.6) is 5.75 Å². The first-order valence-corrected chi connectivity index (χ1v) is 14.7. The van der Waals surface area contributed by atoms with Gasteiger partial charge >= 0.3 is 0 Å². The summed E-state index contributed by atoms with van der Waals surface area (Å²) in [5.74, 6) is -1.27. The topological polar surface area (TPSA) is 130 Å². The van der Waals surface area contributed by atoms with Crippen molar-refractivity contribution in [3.05, 3.63) is 59.2 Å². The fraction of sp³-hybridized carbons (Fsp3) is 0.387. The minimum atomic E-state index is -0.931. The lowest BCUT2D eigenvalue weighted by Crippen LogP contribution is -2.46. The van der Waals surface area contributed by atoms with Crippen molar-refractivity contribution in [3.63, 3.8) is 0 Å². The highest BCUT2D eigenvalue weighted by Crippen LogP contribution is 2.29. The third-order valence-electron chi connectivity index (χ3n) is 7.52. The first-order chi connectivity index (χ1) is 19.7. The predicted octanol–water partition coefficient (Wildman–Crippen LogP) is 4.92. The Kier molecular flexibility index (Phi) is 8.49. The molecule has 0 aliphatic carbocycles. The van der Waals surface area contributed by atoms with Crippen molar-refractivity contribution in [2.45, 2.75) is 45.6 Å². The van der Waals surface area contributed by atoms with Gasteiger partial charge in [-0.05, 0) is 55.5 Å². The van der Waals surface area contributed by atoms with Crippen LogP contribution in [0.1, 0.15) is 59.8 Å². The number of benzene rings is 2. The number of fused-ring (bicyclic) bond motifs is 2. The molecule has 1 aliphatic rings. The Hall–Kier alpha value is -4.05. The molecule has 2 aromatic carbocycles. The van der Waals surface area contributed by atoms with Crippen LogP contribution in [0.2, 0.25) is 0 Å². The number of hydrogen-bond donors (Lipinski definition) is 3. The highest BCUT2D eigenvalue weighted by atomic mass is 32.1. The van der Waals surface area contributed by atoms with E-state index in [1.54, 1.807) is 13.2 Å². The Labute approximate surface area is 242 Å². The number of thiazole rings is 1. The number of methoxy groups -OCH3 is 1. The largest absolute Gasteiger partial charge is 0.496 e. The maximum atomic E-state index is 13.7. The summed E-state index contributed by atoms with van der Waals surface area (Å²) in [6.07, 6.45) is 1.21. The molecule has 41 heavy (non-hydrogen) atoms. The number of amides is 2. The molecule has 0 bridgehead atoms. The quantitative estimate of drug-likeness (QED) is 0.206. The number of para-hydroxylation sites is 1. The first kappa shape index (κ1) is 28.5. The fourth-order valence-corrected chi connectivity index (χ4v) is 6.40. The summed E-state index contributed by atoms with van der Waals surface area (Å²) < 4.78 is 6.29. The second kappa shape index (κ2) is 12.2. The van der Waals surface area contributed by atoms with Crippen LogP contribution in [-0.2, 0) is 9.59 Å². The zero-order valence-electron chi connectivity index (χ0n) is 23.4. The first-order valence-electron chi connectivity index (χ1n) is 13.9. The predicted molar refractivity (Wildman–Crippen MR) is 158 cm³/mol. The minimum Gasteiger partial charge on any atom is -0.496 e. The van der Waals surface area contributed by atoms with Crippen molar-refractivity contribution in [1.82, 2.24) is 20.6 Å². The molecular weight excluding hydrogens is 540 g/mol. The number of nitrogens with zero attached hydrogens (tertiary/aromatic N) is 1. The minimum absolute atomic E-state index is 0.0227. The lowest BCUT2D eigenvalue weighted by Gasteiger charge is -2.23. The Balaban J connectivity index is 1.38. The Morgan fingerprint density at radius 3 is 2.66 bits per heavy atom. The van der Waals surface area contributed by atoms with E-state index in [0.29, 0.717) is 41.4 Å². The number of rotatable bonds is 12. The molecule has 214 valence electrons. The number of hydrogen-bond acceptors (Lipinski definition) is 7. The SMILES string of the molecule is COc1cccc2[nH]c(C(=O)C[C@@H](CC(C)C)C(=O)N[C@@H](C[C@@H]3CCNC3=O)C(=O)c3nc4ccccc4s3)cc12. The molecule has 0 saturated carbocycles. The van der Waals surface area contributed by atoms with E-state index in [2.05, 4.69) is 20.6 Å². The average molecular weight is 575 g/mol. The Bertz CT molecular complexity index is 1570. The van der Waals surface area contributed by atoms with Crippen LogP contribution in [0.4, 0.5) is 0 Å². The van der Waals surface area contributed by atoms with Gasteiger partial charge in [0, 0.05) is 35.7 Å². The molecule has 4 aromatic rings. The normalized spacial score (nSPS) is 16.6. The van der Waals surface area contributed by atoms with Gasteiger partial charge in [0.25, 0.3) is 0 Å². The molecule has 9 nitrogen and oxygen atoms in total. The third kappa shape index (κ3) is 6.32. The molecule has 0 radical (unpaired) electrons. The smallest absolute Gasteiger partial charge is 0.224 e. The summed E-state index contributed by atoms with van der Waals surface area (Å²) in [7, 11) is 1.58. The lowest BCUT2D eigenvalue weighted by atomic mass is 9.89. The van der Waals surface area contributed by atoms with Gasteiger partial charge in [0.15, 0.2) is 10.8 Å². The van der Waals surface area contributed by atoms with E-state index in [4.69, 9.17) is 4.74 Å². The number of aromatic amines is 1. The molecule has 2 amide bonds. The van der Waals surface area contributed by atoms with E-state index in [1.807, 2.05) is 56.3 Å². The van der Waals surface area contributed by atoms with Crippen molar-refractivity contribution >= 4 is 55.8 Å². The summed E-state index contributed by atoms with van der Waals surface area (Å²) in [6.45, 7) is 4.52. The summed E-state index contributed by atoms with van der Waals surface area (Å²) in [5.41, 5.74) is 1.88. The molecule has 5 rings (SSSR count). The number of carbonyl (C=O) groups is 4. The molecule has 3 N–H and O–H groups in total. The van der Waals surface area contributed by atoms with Crippen molar-refractivity contribution in [3.8, 4) is 5.75 Å². The van der Waals surface area contributed by atoms with E-state index in [-0.39, 0.29) is 48.1 Å². The van der Waals surface area contributed by atoms with Gasteiger partial charge in [0.2, 0.25) is 17.6 Å². The van der Waals surface area contributed by atoms with Gasteiger partial charge in [-0.2, -0.15) is 0 Å². The molecule has 3 heterocycles. The average Bonchev–Trinajstić information content (AvgIpc) is 3.69. The maximum Gasteiger partial charge on any atom is 0.224 e. The van der Waals surface area contributed by atoms with Gasteiger partial charge in [-0.25, -0.2) is 4.98 Å². The number of ketones is 2. The third-order valence-corrected chi connectivity index (χ3v) is 8.57. The highest BCUT2D eigenvalue weighted by molar-refractivity contribution is 7.20. The van der Waals surface area contributed by atoms with Gasteiger partial charge in [0.05, 0.1) is 29.1 Å². The molecule has 2 aromatic heterocycles. The van der Waals surface area contributed by atoms with Gasteiger partial charge < -0.3 is 20.4 Å². The van der Waals surface area contributed by atoms with Crippen LogP contribution < -0.4 is 15.4 Å². The summed E-state index contributed by atoms with van der Waals surface area (Å²) in [5, 5.41) is 6.82. The van der Waals surface area contributed by atoms with Crippen LogP contribution in [0.15, 0.2) is 48.5 Å².